The van der Waals surface area contributed by atoms with Crippen molar-refractivity contribution in [1.29, 1.82) is 0 Å². The molecule has 0 radical (unpaired) electrons. The molecule has 2 atom stereocenters. The fraction of sp³-hybridized carbons (Fsp3) is 0.381. The number of carbonyl (C=O) groups excluding carboxylic acids is 1. The summed E-state index contributed by atoms with van der Waals surface area (Å²) in [5, 5.41) is 0. The van der Waals surface area contributed by atoms with Gasteiger partial charge in [-0.3, -0.25) is 9.69 Å². The van der Waals surface area contributed by atoms with Crippen LogP contribution in [0.15, 0.2) is 36.4 Å². The molecule has 2 aliphatic heterocycles. The van der Waals surface area contributed by atoms with Crippen molar-refractivity contribution in [2.24, 2.45) is 5.73 Å². The summed E-state index contributed by atoms with van der Waals surface area (Å²) < 4.78 is 25.0. The maximum Gasteiger partial charge on any atom is 0.254 e. The normalized spacial score (nSPS) is 19.5. The van der Waals surface area contributed by atoms with E-state index in [2.05, 4.69) is 4.90 Å². The third kappa shape index (κ3) is 4.98. The minimum atomic E-state index is -0.428. The van der Waals surface area contributed by atoms with Crippen LogP contribution < -0.4 is 15.2 Å². The molecular formula is C21H26Cl2FN3O3. The van der Waals surface area contributed by atoms with E-state index in [1.807, 2.05) is 4.90 Å². The van der Waals surface area contributed by atoms with Gasteiger partial charge in [0.2, 0.25) is 0 Å². The highest BCUT2D eigenvalue weighted by molar-refractivity contribution is 5.95. The summed E-state index contributed by atoms with van der Waals surface area (Å²) in [7, 11) is 1.53. The standard InChI is InChI=1S/C21H24FN3O3.2ClH/c1-27-19-3-2-15(21(26)25-7-6-24-5-4-17(25)13-24)10-20(19)28-18-9-14(12-23)8-16(22)11-18;;/h2-3,8-11,17H,4-7,12-13,23H2,1H3;2*1H. The predicted molar refractivity (Wildman–Crippen MR) is 118 cm³/mol. The second kappa shape index (κ2) is 10.3. The molecule has 2 bridgehead atoms. The molecule has 164 valence electrons. The van der Waals surface area contributed by atoms with Crippen molar-refractivity contribution in [3.8, 4) is 17.2 Å². The fourth-order valence-corrected chi connectivity index (χ4v) is 3.95. The third-order valence-electron chi connectivity index (χ3n) is 5.41. The summed E-state index contributed by atoms with van der Waals surface area (Å²) >= 11 is 0. The number of rotatable bonds is 5. The maximum atomic E-state index is 13.8. The lowest BCUT2D eigenvalue weighted by atomic mass is 10.1. The zero-order valence-corrected chi connectivity index (χ0v) is 18.3. The second-order valence-corrected chi connectivity index (χ2v) is 7.21. The van der Waals surface area contributed by atoms with Crippen LogP contribution in [0.25, 0.3) is 0 Å². The van der Waals surface area contributed by atoms with E-state index >= 15 is 0 Å². The number of halogens is 3. The number of hydrogen-bond donors (Lipinski definition) is 1. The molecule has 6 nitrogen and oxygen atoms in total. The molecule has 2 fully saturated rings. The van der Waals surface area contributed by atoms with Gasteiger partial charge in [-0.1, -0.05) is 0 Å². The smallest absolute Gasteiger partial charge is 0.254 e. The third-order valence-corrected chi connectivity index (χ3v) is 5.41. The summed E-state index contributed by atoms with van der Waals surface area (Å²) in [4.78, 5) is 17.4. The van der Waals surface area contributed by atoms with Crippen LogP contribution in [0.5, 0.6) is 17.2 Å². The van der Waals surface area contributed by atoms with Gasteiger partial charge in [0, 0.05) is 50.4 Å². The van der Waals surface area contributed by atoms with Crippen molar-refractivity contribution in [3.05, 3.63) is 53.3 Å². The summed E-state index contributed by atoms with van der Waals surface area (Å²) in [6.07, 6.45) is 1.01. The molecule has 2 aromatic carbocycles. The van der Waals surface area contributed by atoms with Gasteiger partial charge in [-0.15, -0.1) is 24.8 Å². The van der Waals surface area contributed by atoms with Crippen LogP contribution in [-0.4, -0.2) is 55.0 Å². The molecule has 2 aliphatic rings. The van der Waals surface area contributed by atoms with E-state index in [1.165, 1.54) is 19.2 Å². The molecule has 0 saturated carbocycles. The molecule has 9 heteroatoms. The van der Waals surface area contributed by atoms with Crippen molar-refractivity contribution < 1.29 is 18.7 Å². The lowest BCUT2D eigenvalue weighted by molar-refractivity contribution is 0.0609. The molecule has 2 unspecified atom stereocenters. The number of amides is 1. The number of benzene rings is 2. The second-order valence-electron chi connectivity index (χ2n) is 7.21. The number of methoxy groups -OCH3 is 1. The molecule has 2 aromatic rings. The van der Waals surface area contributed by atoms with Crippen LogP contribution in [0.4, 0.5) is 4.39 Å². The Balaban J connectivity index is 0.00000160. The van der Waals surface area contributed by atoms with Crippen LogP contribution in [0, 0.1) is 5.82 Å². The average Bonchev–Trinajstić information content (AvgIpc) is 3.07. The van der Waals surface area contributed by atoms with Gasteiger partial charge in [-0.2, -0.15) is 0 Å². The quantitative estimate of drug-likeness (QED) is 0.744. The Kier molecular flexibility index (Phi) is 8.32. The monoisotopic (exact) mass is 457 g/mol. The summed E-state index contributed by atoms with van der Waals surface area (Å²) in [6, 6.07) is 9.70. The minimum Gasteiger partial charge on any atom is -0.493 e. The Hall–Kier alpha value is -2.06. The maximum absolute atomic E-state index is 13.8. The van der Waals surface area contributed by atoms with Crippen LogP contribution in [0.3, 0.4) is 0 Å². The summed E-state index contributed by atoms with van der Waals surface area (Å²) in [5.41, 5.74) is 6.77. The Morgan fingerprint density at radius 3 is 2.67 bits per heavy atom. The Labute approximate surface area is 187 Å². The van der Waals surface area contributed by atoms with Gasteiger partial charge in [-0.05, 0) is 42.3 Å². The largest absolute Gasteiger partial charge is 0.493 e. The number of carbonyl (C=O) groups is 1. The van der Waals surface area contributed by atoms with Crippen molar-refractivity contribution in [1.82, 2.24) is 9.80 Å². The summed E-state index contributed by atoms with van der Waals surface area (Å²) in [5.74, 6) is 0.713. The SMILES string of the molecule is COc1ccc(C(=O)N2CCN3CCC2C3)cc1Oc1cc(F)cc(CN)c1.Cl.Cl. The van der Waals surface area contributed by atoms with Gasteiger partial charge >= 0.3 is 0 Å². The molecule has 0 aromatic heterocycles. The Morgan fingerprint density at radius 2 is 1.93 bits per heavy atom. The van der Waals surface area contributed by atoms with Gasteiger partial charge in [0.15, 0.2) is 11.5 Å². The van der Waals surface area contributed by atoms with Crippen LogP contribution >= 0.6 is 24.8 Å². The minimum absolute atomic E-state index is 0. The fourth-order valence-electron chi connectivity index (χ4n) is 3.95. The lowest BCUT2D eigenvalue weighted by Gasteiger charge is -2.34. The van der Waals surface area contributed by atoms with Crippen molar-refractivity contribution in [2.45, 2.75) is 19.0 Å². The van der Waals surface area contributed by atoms with E-state index in [0.29, 0.717) is 28.4 Å². The highest BCUT2D eigenvalue weighted by atomic mass is 35.5. The van der Waals surface area contributed by atoms with Crippen LogP contribution in [0.2, 0.25) is 0 Å². The first kappa shape index (κ1) is 24.2. The van der Waals surface area contributed by atoms with Crippen LogP contribution in [-0.2, 0) is 6.54 Å². The van der Waals surface area contributed by atoms with E-state index in [9.17, 15) is 9.18 Å². The average molecular weight is 458 g/mol. The predicted octanol–water partition coefficient (Wildman–Crippen LogP) is 3.46. The first-order chi connectivity index (χ1) is 13.6. The van der Waals surface area contributed by atoms with Gasteiger partial charge in [-0.25, -0.2) is 4.39 Å². The molecule has 4 rings (SSSR count). The highest BCUT2D eigenvalue weighted by Crippen LogP contribution is 2.34. The topological polar surface area (TPSA) is 68.0 Å². The molecule has 0 aliphatic carbocycles. The molecule has 0 spiro atoms. The lowest BCUT2D eigenvalue weighted by Crippen LogP contribution is -2.49. The summed E-state index contributed by atoms with van der Waals surface area (Å²) in [6.45, 7) is 3.84. The molecule has 2 saturated heterocycles. The molecule has 2 N–H and O–H groups in total. The van der Waals surface area contributed by atoms with Gasteiger partial charge in [0.05, 0.1) is 7.11 Å². The number of piperazine rings is 1. The number of nitrogens with zero attached hydrogens (tertiary/aromatic N) is 2. The molecule has 1 amide bonds. The molecular weight excluding hydrogens is 432 g/mol. The first-order valence-corrected chi connectivity index (χ1v) is 9.46. The number of nitrogens with two attached hydrogens (primary N) is 1. The van der Waals surface area contributed by atoms with E-state index in [-0.39, 0.29) is 43.3 Å². The number of ether oxygens (including phenoxy) is 2. The highest BCUT2D eigenvalue weighted by Gasteiger charge is 2.35. The Bertz CT molecular complexity index is 900. The Morgan fingerprint density at radius 1 is 1.13 bits per heavy atom. The van der Waals surface area contributed by atoms with E-state index in [4.69, 9.17) is 15.2 Å². The number of fused-ring (bicyclic) bond motifs is 2. The van der Waals surface area contributed by atoms with Gasteiger partial charge in [0.1, 0.15) is 11.6 Å². The van der Waals surface area contributed by atoms with Crippen LogP contribution in [0.1, 0.15) is 22.3 Å². The van der Waals surface area contributed by atoms with E-state index in [0.717, 1.165) is 32.6 Å². The van der Waals surface area contributed by atoms with Crippen molar-refractivity contribution in [2.75, 3.05) is 33.3 Å². The zero-order chi connectivity index (χ0) is 19.7. The molecule has 30 heavy (non-hydrogen) atoms. The zero-order valence-electron chi connectivity index (χ0n) is 16.7. The van der Waals surface area contributed by atoms with Crippen molar-refractivity contribution >= 4 is 30.7 Å². The molecule has 2 heterocycles. The first-order valence-electron chi connectivity index (χ1n) is 9.46. The van der Waals surface area contributed by atoms with E-state index in [1.54, 1.807) is 24.3 Å². The van der Waals surface area contributed by atoms with Crippen molar-refractivity contribution in [3.63, 3.8) is 0 Å². The van der Waals surface area contributed by atoms with E-state index < -0.39 is 5.82 Å². The van der Waals surface area contributed by atoms with Gasteiger partial charge < -0.3 is 20.1 Å². The number of hydrogen-bond acceptors (Lipinski definition) is 5. The van der Waals surface area contributed by atoms with Gasteiger partial charge in [0.25, 0.3) is 5.91 Å².